The summed E-state index contributed by atoms with van der Waals surface area (Å²) in [5, 5.41) is 0. The zero-order valence-corrected chi connectivity index (χ0v) is 14.5. The Balaban J connectivity index is 2.32. The number of carbonyl (C=O) groups excluding carboxylic acids is 1. The number of aromatic nitrogens is 2. The van der Waals surface area contributed by atoms with Gasteiger partial charge < -0.3 is 9.14 Å². The number of nitrogens with zero attached hydrogens (tertiary/aromatic N) is 3. The van der Waals surface area contributed by atoms with E-state index in [1.807, 2.05) is 6.92 Å². The third kappa shape index (κ3) is 3.54. The second kappa shape index (κ2) is 6.32. The van der Waals surface area contributed by atoms with Gasteiger partial charge in [0.05, 0.1) is 18.9 Å². The number of carbonyl (C=O) groups is 1. The fourth-order valence-corrected chi connectivity index (χ4v) is 2.84. The van der Waals surface area contributed by atoms with Crippen LogP contribution in [0.15, 0.2) is 18.3 Å². The van der Waals surface area contributed by atoms with Gasteiger partial charge in [-0.05, 0) is 18.5 Å². The van der Waals surface area contributed by atoms with Crippen LogP contribution in [0.25, 0.3) is 10.5 Å². The van der Waals surface area contributed by atoms with Crippen LogP contribution >= 0.6 is 0 Å². The van der Waals surface area contributed by atoms with Crippen molar-refractivity contribution < 1.29 is 9.53 Å². The van der Waals surface area contributed by atoms with Crippen molar-refractivity contribution in [3.05, 3.63) is 41.1 Å². The maximum Gasteiger partial charge on any atom is 0.357 e. The van der Waals surface area contributed by atoms with Gasteiger partial charge in [0, 0.05) is 14.3 Å². The van der Waals surface area contributed by atoms with Crippen LogP contribution in [0.2, 0.25) is 25.7 Å². The predicted molar refractivity (Wildman–Crippen MR) is 89.3 cm³/mol. The van der Waals surface area contributed by atoms with E-state index in [1.54, 1.807) is 22.7 Å². The lowest BCUT2D eigenvalue weighted by Gasteiger charge is -2.15. The molecule has 0 aliphatic heterocycles. The van der Waals surface area contributed by atoms with Crippen molar-refractivity contribution in [2.45, 2.75) is 39.0 Å². The van der Waals surface area contributed by atoms with E-state index in [2.05, 4.69) is 29.5 Å². The second-order valence-electron chi connectivity index (χ2n) is 6.43. The number of rotatable bonds is 5. The summed E-state index contributed by atoms with van der Waals surface area (Å²) >= 11 is 0. The number of fused-ring (bicyclic) bond motifs is 1. The lowest BCUT2D eigenvalue weighted by molar-refractivity contribution is 0.0516. The Morgan fingerprint density at radius 2 is 2.14 bits per heavy atom. The molecule has 0 saturated heterocycles. The van der Waals surface area contributed by atoms with Gasteiger partial charge in [-0.3, -0.25) is 0 Å². The number of hydrogen-bond donors (Lipinski definition) is 0. The molecule has 6 heteroatoms. The Morgan fingerprint density at radius 1 is 1.41 bits per heavy atom. The largest absolute Gasteiger partial charge is 0.461 e. The minimum absolute atomic E-state index is 0.357. The molecule has 0 bridgehead atoms. The summed E-state index contributed by atoms with van der Waals surface area (Å²) in [7, 11) is -1.24. The second-order valence-corrected chi connectivity index (χ2v) is 12.1. The first-order valence-corrected chi connectivity index (χ1v) is 11.1. The fraction of sp³-hybridized carbons (Fsp3) is 0.438. The lowest BCUT2D eigenvalue weighted by Crippen LogP contribution is -2.23. The number of aryl methyl sites for hydroxylation is 1. The van der Waals surface area contributed by atoms with E-state index in [0.717, 1.165) is 6.04 Å². The first kappa shape index (κ1) is 16.2. The maximum atomic E-state index is 12.4. The van der Waals surface area contributed by atoms with Crippen LogP contribution in [0.4, 0.5) is 5.69 Å². The Labute approximate surface area is 131 Å². The van der Waals surface area contributed by atoms with Gasteiger partial charge in [-0.2, -0.15) is 0 Å². The average Bonchev–Trinajstić information content (AvgIpc) is 2.83. The molecule has 2 aromatic heterocycles. The number of imidazole rings is 1. The predicted octanol–water partition coefficient (Wildman–Crippen LogP) is 3.94. The Morgan fingerprint density at radius 3 is 2.73 bits per heavy atom. The molecule has 0 aliphatic rings. The van der Waals surface area contributed by atoms with Gasteiger partial charge in [0.15, 0.2) is 5.69 Å². The van der Waals surface area contributed by atoms with Crippen LogP contribution in [-0.4, -0.2) is 30.0 Å². The molecule has 116 valence electrons. The van der Waals surface area contributed by atoms with Gasteiger partial charge in [0.25, 0.3) is 0 Å². The Hall–Kier alpha value is -2.13. The lowest BCUT2D eigenvalue weighted by atomic mass is 10.2. The summed E-state index contributed by atoms with van der Waals surface area (Å²) in [5.41, 5.74) is 2.30. The van der Waals surface area contributed by atoms with E-state index in [9.17, 15) is 4.79 Å². The van der Waals surface area contributed by atoms with E-state index in [-0.39, 0.29) is 5.97 Å². The molecule has 0 aliphatic carbocycles. The molecule has 0 atom stereocenters. The van der Waals surface area contributed by atoms with Gasteiger partial charge in [0.1, 0.15) is 5.65 Å². The van der Waals surface area contributed by atoms with Gasteiger partial charge >= 0.3 is 5.97 Å². The summed E-state index contributed by atoms with van der Waals surface area (Å²) in [5.74, 6) is -0.357. The molecule has 0 radical (unpaired) electrons. The zero-order chi connectivity index (χ0) is 16.3. The van der Waals surface area contributed by atoms with Crippen LogP contribution in [0.5, 0.6) is 0 Å². The van der Waals surface area contributed by atoms with E-state index < -0.39 is 8.07 Å². The molecule has 0 N–H and O–H groups in total. The van der Waals surface area contributed by atoms with Gasteiger partial charge in [-0.15, -0.1) is 0 Å². The number of hydrogen-bond acceptors (Lipinski definition) is 3. The first-order chi connectivity index (χ1) is 10.4. The molecule has 2 heterocycles. The normalized spacial score (nSPS) is 11.4. The van der Waals surface area contributed by atoms with Gasteiger partial charge in [0.2, 0.25) is 5.69 Å². The van der Waals surface area contributed by atoms with Crippen molar-refractivity contribution in [1.29, 1.82) is 0 Å². The molecule has 0 amide bonds. The zero-order valence-electron chi connectivity index (χ0n) is 13.5. The van der Waals surface area contributed by atoms with Crippen molar-refractivity contribution in [3.8, 4) is 0 Å². The van der Waals surface area contributed by atoms with Crippen LogP contribution < -0.4 is 0 Å². The molecule has 0 fully saturated rings. The number of pyridine rings is 1. The van der Waals surface area contributed by atoms with Crippen molar-refractivity contribution in [2.24, 2.45) is 0 Å². The van der Waals surface area contributed by atoms with E-state index in [0.29, 0.717) is 35.8 Å². The summed E-state index contributed by atoms with van der Waals surface area (Å²) in [6.07, 6.45) is 2.29. The van der Waals surface area contributed by atoms with Crippen LogP contribution in [-0.2, 0) is 11.2 Å². The highest BCUT2D eigenvalue weighted by Crippen LogP contribution is 2.20. The van der Waals surface area contributed by atoms with Gasteiger partial charge in [-0.25, -0.2) is 14.6 Å². The Bertz CT molecular complexity index is 738. The smallest absolute Gasteiger partial charge is 0.357 e. The topological polar surface area (TPSA) is 48.0 Å². The number of ether oxygens (including phenoxy) is 1. The van der Waals surface area contributed by atoms with Crippen molar-refractivity contribution in [3.63, 3.8) is 0 Å². The minimum atomic E-state index is -1.24. The molecule has 2 rings (SSSR count). The third-order valence-corrected chi connectivity index (χ3v) is 5.12. The molecule has 22 heavy (non-hydrogen) atoms. The molecule has 5 nitrogen and oxygen atoms in total. The fourth-order valence-electron chi connectivity index (χ4n) is 2.13. The molecule has 0 saturated carbocycles. The van der Waals surface area contributed by atoms with Crippen molar-refractivity contribution in [1.82, 2.24) is 9.38 Å². The average molecular weight is 315 g/mol. The maximum absolute atomic E-state index is 12.4. The molecule has 0 aromatic carbocycles. The van der Waals surface area contributed by atoms with Crippen molar-refractivity contribution in [2.75, 3.05) is 6.61 Å². The summed E-state index contributed by atoms with van der Waals surface area (Å²) in [6, 6.07) is 4.39. The highest BCUT2D eigenvalue weighted by atomic mass is 28.3. The standard InChI is InChI=1S/C16H21N3O2Si/c1-6-13-15(16(20)21-9-10-22(3,4)5)19-11-12(17-2)7-8-14(19)18-13/h7-8,11H,6,9-10H2,1,3-5H3. The summed E-state index contributed by atoms with van der Waals surface area (Å²) < 4.78 is 7.11. The highest BCUT2D eigenvalue weighted by Gasteiger charge is 2.21. The van der Waals surface area contributed by atoms with Gasteiger partial charge in [-0.1, -0.05) is 32.6 Å². The summed E-state index contributed by atoms with van der Waals surface area (Å²) in [4.78, 5) is 20.3. The first-order valence-electron chi connectivity index (χ1n) is 7.41. The number of esters is 1. The summed E-state index contributed by atoms with van der Waals surface area (Å²) in [6.45, 7) is 16.2. The Kier molecular flexibility index (Phi) is 4.67. The van der Waals surface area contributed by atoms with E-state index in [4.69, 9.17) is 11.3 Å². The van der Waals surface area contributed by atoms with Crippen LogP contribution in [0, 0.1) is 6.57 Å². The van der Waals surface area contributed by atoms with E-state index >= 15 is 0 Å². The van der Waals surface area contributed by atoms with Crippen LogP contribution in [0.1, 0.15) is 23.1 Å². The quantitative estimate of drug-likeness (QED) is 0.477. The third-order valence-electron chi connectivity index (χ3n) is 3.42. The van der Waals surface area contributed by atoms with E-state index in [1.165, 1.54) is 0 Å². The molecular weight excluding hydrogens is 294 g/mol. The SMILES string of the molecule is [C-]#[N+]c1ccc2nc(CC)c(C(=O)OCC[Si](C)(C)C)n2c1. The molecule has 2 aromatic rings. The molecule has 0 unspecified atom stereocenters. The van der Waals surface area contributed by atoms with Crippen LogP contribution in [0.3, 0.4) is 0 Å². The highest BCUT2D eigenvalue weighted by molar-refractivity contribution is 6.76. The van der Waals surface area contributed by atoms with Crippen molar-refractivity contribution >= 4 is 25.4 Å². The monoisotopic (exact) mass is 315 g/mol. The minimum Gasteiger partial charge on any atom is -0.461 e. The molecule has 0 spiro atoms. The molecular formula is C16H21N3O2Si.